The number of fused-ring (bicyclic) bond motifs is 1. The van der Waals surface area contributed by atoms with Crippen LogP contribution in [-0.4, -0.2) is 42.6 Å². The Morgan fingerprint density at radius 3 is 2.39 bits per heavy atom. The quantitative estimate of drug-likeness (QED) is 0.537. The second-order valence-electron chi connectivity index (χ2n) is 8.24. The van der Waals surface area contributed by atoms with E-state index in [0.29, 0.717) is 22.0 Å². The van der Waals surface area contributed by atoms with E-state index in [0.717, 1.165) is 22.5 Å². The number of hydrogen-bond donors (Lipinski definition) is 0. The molecule has 0 bridgehead atoms. The summed E-state index contributed by atoms with van der Waals surface area (Å²) in [5, 5.41) is 6.88. The molecule has 172 valence electrons. The molecule has 1 aliphatic rings. The van der Waals surface area contributed by atoms with Gasteiger partial charge >= 0.3 is 0 Å². The molecule has 0 saturated heterocycles. The molecule has 33 heavy (non-hydrogen) atoms. The minimum atomic E-state index is -0.121. The summed E-state index contributed by atoms with van der Waals surface area (Å²) in [6.07, 6.45) is 0. The van der Waals surface area contributed by atoms with E-state index >= 15 is 0 Å². The molecule has 1 amide bonds. The third-order valence-electron chi connectivity index (χ3n) is 5.29. The number of carbonyl (C=O) groups is 1. The van der Waals surface area contributed by atoms with Gasteiger partial charge in [-0.3, -0.25) is 9.79 Å². The van der Waals surface area contributed by atoms with Crippen LogP contribution >= 0.6 is 11.3 Å². The maximum Gasteiger partial charge on any atom is 0.279 e. The van der Waals surface area contributed by atoms with Crippen molar-refractivity contribution < 1.29 is 14.3 Å². The van der Waals surface area contributed by atoms with Crippen LogP contribution in [0.5, 0.6) is 11.5 Å². The van der Waals surface area contributed by atoms with Gasteiger partial charge in [-0.2, -0.15) is 5.10 Å². The lowest BCUT2D eigenvalue weighted by atomic mass is 10.1. The SMILES string of the molecule is COc1ccc(OC)c(-c2csc(=NC(C)C)n2N=C2C(=O)N(C(C)C)c3ccccc32)c1. The summed E-state index contributed by atoms with van der Waals surface area (Å²) in [6, 6.07) is 13.4. The van der Waals surface area contributed by atoms with Crippen molar-refractivity contribution in [3.8, 4) is 22.8 Å². The Labute approximate surface area is 197 Å². The van der Waals surface area contributed by atoms with Crippen molar-refractivity contribution in [3.63, 3.8) is 0 Å². The standard InChI is InChI=1S/C25H28N4O3S/c1-15(2)26-25-29(21(14-33-25)19-13-17(31-5)11-12-22(19)32-6)27-23-18-9-7-8-10-20(18)28(16(3)4)24(23)30/h7-16H,1-6H3. The lowest BCUT2D eigenvalue weighted by Crippen LogP contribution is -2.36. The van der Waals surface area contributed by atoms with E-state index in [2.05, 4.69) is 0 Å². The molecule has 0 N–H and O–H groups in total. The van der Waals surface area contributed by atoms with Crippen molar-refractivity contribution in [2.45, 2.75) is 39.8 Å². The first kappa shape index (κ1) is 22.8. The number of benzene rings is 2. The summed E-state index contributed by atoms with van der Waals surface area (Å²) in [5.74, 6) is 1.26. The van der Waals surface area contributed by atoms with Crippen LogP contribution in [-0.2, 0) is 4.79 Å². The predicted octanol–water partition coefficient (Wildman–Crippen LogP) is 4.55. The van der Waals surface area contributed by atoms with Gasteiger partial charge in [-0.05, 0) is 52.0 Å². The normalized spacial score (nSPS) is 15.2. The maximum atomic E-state index is 13.4. The molecular weight excluding hydrogens is 436 g/mol. The van der Waals surface area contributed by atoms with E-state index in [1.54, 1.807) is 23.8 Å². The molecule has 0 aliphatic carbocycles. The van der Waals surface area contributed by atoms with Gasteiger partial charge in [0.15, 0.2) is 5.71 Å². The van der Waals surface area contributed by atoms with Gasteiger partial charge in [-0.15, -0.1) is 11.3 Å². The zero-order chi connectivity index (χ0) is 23.7. The average molecular weight is 465 g/mol. The van der Waals surface area contributed by atoms with Gasteiger partial charge in [0.1, 0.15) is 11.5 Å². The molecule has 0 spiro atoms. The van der Waals surface area contributed by atoms with Gasteiger partial charge in [0.25, 0.3) is 5.91 Å². The Kier molecular flexibility index (Phi) is 6.37. The Hall–Kier alpha value is -3.39. The highest BCUT2D eigenvalue weighted by Gasteiger charge is 2.35. The summed E-state index contributed by atoms with van der Waals surface area (Å²) < 4.78 is 12.8. The average Bonchev–Trinajstić information content (AvgIpc) is 3.31. The Bertz CT molecular complexity index is 1290. The molecule has 0 saturated carbocycles. The van der Waals surface area contributed by atoms with Crippen LogP contribution in [0, 0.1) is 0 Å². The van der Waals surface area contributed by atoms with E-state index in [4.69, 9.17) is 19.6 Å². The molecule has 2 heterocycles. The second-order valence-corrected chi connectivity index (χ2v) is 9.08. The molecule has 0 fully saturated rings. The van der Waals surface area contributed by atoms with Crippen LogP contribution in [0.2, 0.25) is 0 Å². The van der Waals surface area contributed by atoms with Gasteiger partial charge < -0.3 is 14.4 Å². The number of methoxy groups -OCH3 is 2. The van der Waals surface area contributed by atoms with Crippen molar-refractivity contribution in [3.05, 3.63) is 58.2 Å². The highest BCUT2D eigenvalue weighted by atomic mass is 32.1. The Morgan fingerprint density at radius 1 is 0.970 bits per heavy atom. The molecule has 1 aliphatic heterocycles. The molecule has 0 radical (unpaired) electrons. The predicted molar refractivity (Wildman–Crippen MR) is 133 cm³/mol. The van der Waals surface area contributed by atoms with Crippen molar-refractivity contribution in [1.82, 2.24) is 4.68 Å². The first-order valence-corrected chi connectivity index (χ1v) is 11.7. The Morgan fingerprint density at radius 2 is 1.73 bits per heavy atom. The van der Waals surface area contributed by atoms with E-state index in [-0.39, 0.29) is 18.0 Å². The van der Waals surface area contributed by atoms with Crippen LogP contribution in [0.1, 0.15) is 33.3 Å². The minimum Gasteiger partial charge on any atom is -0.497 e. The van der Waals surface area contributed by atoms with Crippen LogP contribution in [0.3, 0.4) is 0 Å². The molecule has 2 aromatic carbocycles. The minimum absolute atomic E-state index is 0.0107. The zero-order valence-corrected chi connectivity index (χ0v) is 20.5. The van der Waals surface area contributed by atoms with E-state index in [1.165, 1.54) is 11.3 Å². The second kappa shape index (κ2) is 9.23. The molecule has 8 heteroatoms. The number of nitrogens with zero attached hydrogens (tertiary/aromatic N) is 4. The van der Waals surface area contributed by atoms with Crippen LogP contribution in [0.4, 0.5) is 5.69 Å². The number of ether oxygens (including phenoxy) is 2. The summed E-state index contributed by atoms with van der Waals surface area (Å²) >= 11 is 1.47. The van der Waals surface area contributed by atoms with Crippen molar-refractivity contribution >= 4 is 28.6 Å². The van der Waals surface area contributed by atoms with Gasteiger partial charge in [0.2, 0.25) is 4.80 Å². The largest absolute Gasteiger partial charge is 0.497 e. The fourth-order valence-corrected chi connectivity index (χ4v) is 4.79. The summed E-state index contributed by atoms with van der Waals surface area (Å²) in [4.78, 5) is 20.7. The molecule has 1 aromatic heterocycles. The van der Waals surface area contributed by atoms with Gasteiger partial charge in [0.05, 0.1) is 25.6 Å². The van der Waals surface area contributed by atoms with Crippen LogP contribution in [0.25, 0.3) is 11.3 Å². The highest BCUT2D eigenvalue weighted by molar-refractivity contribution is 7.07. The Balaban J connectivity index is 1.99. The molecular formula is C25H28N4O3S. The van der Waals surface area contributed by atoms with Gasteiger partial charge in [-0.1, -0.05) is 18.2 Å². The number of para-hydroxylation sites is 1. The van der Waals surface area contributed by atoms with E-state index in [9.17, 15) is 4.79 Å². The number of aromatic nitrogens is 1. The summed E-state index contributed by atoms with van der Waals surface area (Å²) in [7, 11) is 3.26. The number of rotatable bonds is 6. The third kappa shape index (κ3) is 4.18. The van der Waals surface area contributed by atoms with Crippen molar-refractivity contribution in [1.29, 1.82) is 0 Å². The van der Waals surface area contributed by atoms with Crippen LogP contribution < -0.4 is 19.2 Å². The first-order valence-electron chi connectivity index (χ1n) is 10.8. The van der Waals surface area contributed by atoms with E-state index in [1.807, 2.05) is 75.5 Å². The fourth-order valence-electron chi connectivity index (χ4n) is 3.84. The lowest BCUT2D eigenvalue weighted by Gasteiger charge is -2.20. The molecule has 0 atom stereocenters. The highest BCUT2D eigenvalue weighted by Crippen LogP contribution is 2.35. The topological polar surface area (TPSA) is 68.4 Å². The maximum absolute atomic E-state index is 13.4. The smallest absolute Gasteiger partial charge is 0.279 e. The number of thiazole rings is 1. The number of amides is 1. The molecule has 3 aromatic rings. The van der Waals surface area contributed by atoms with Crippen molar-refractivity contribution in [2.75, 3.05) is 19.1 Å². The summed E-state index contributed by atoms with van der Waals surface area (Å²) in [6.45, 7) is 8.03. The van der Waals surface area contributed by atoms with Crippen LogP contribution in [0.15, 0.2) is 57.9 Å². The fraction of sp³-hybridized carbons (Fsp3) is 0.320. The first-order chi connectivity index (χ1) is 15.8. The molecule has 0 unspecified atom stereocenters. The monoisotopic (exact) mass is 464 g/mol. The van der Waals surface area contributed by atoms with Crippen molar-refractivity contribution in [2.24, 2.45) is 10.1 Å². The third-order valence-corrected chi connectivity index (χ3v) is 6.12. The summed E-state index contributed by atoms with van der Waals surface area (Å²) in [5.41, 5.74) is 3.66. The number of carbonyl (C=O) groups excluding carboxylic acids is 1. The number of hydrogen-bond acceptors (Lipinski definition) is 6. The molecule has 7 nitrogen and oxygen atoms in total. The van der Waals surface area contributed by atoms with E-state index < -0.39 is 0 Å². The molecule has 4 rings (SSSR count). The number of anilines is 1. The zero-order valence-electron chi connectivity index (χ0n) is 19.7. The lowest BCUT2D eigenvalue weighted by molar-refractivity contribution is -0.112. The van der Waals surface area contributed by atoms with Gasteiger partial charge in [-0.25, -0.2) is 4.68 Å². The van der Waals surface area contributed by atoms with Gasteiger partial charge in [0, 0.05) is 28.6 Å².